The lowest BCUT2D eigenvalue weighted by Crippen LogP contribution is -2.46. The molecule has 134 valence electrons. The van der Waals surface area contributed by atoms with E-state index in [4.69, 9.17) is 24.5 Å². The van der Waals surface area contributed by atoms with Gasteiger partial charge in [-0.2, -0.15) is 0 Å². The van der Waals surface area contributed by atoms with Crippen molar-refractivity contribution in [2.75, 3.05) is 31.6 Å². The van der Waals surface area contributed by atoms with E-state index in [9.17, 15) is 4.79 Å². The van der Waals surface area contributed by atoms with E-state index < -0.39 is 11.9 Å². The number of anilines is 1. The maximum Gasteiger partial charge on any atom is 0.414 e. The number of benzene rings is 1. The minimum Gasteiger partial charge on any atom is -0.478 e. The molecule has 0 spiro atoms. The topological polar surface area (TPSA) is 129 Å². The highest BCUT2D eigenvalue weighted by Crippen LogP contribution is 2.33. The lowest BCUT2D eigenvalue weighted by atomic mass is 10.1. The summed E-state index contributed by atoms with van der Waals surface area (Å²) in [5.41, 5.74) is 1.67. The molecule has 1 aromatic carbocycles. The van der Waals surface area contributed by atoms with Gasteiger partial charge in [-0.25, -0.2) is 9.59 Å². The first-order chi connectivity index (χ1) is 11.8. The van der Waals surface area contributed by atoms with Crippen molar-refractivity contribution >= 4 is 29.2 Å². The second-order valence-corrected chi connectivity index (χ2v) is 5.53. The Morgan fingerprint density at radius 1 is 1.28 bits per heavy atom. The van der Waals surface area contributed by atoms with Gasteiger partial charge in [0.05, 0.1) is 18.8 Å². The van der Waals surface area contributed by atoms with Crippen LogP contribution in [0.5, 0.6) is 5.75 Å². The minimum atomic E-state index is -1.82. The number of hydrogen-bond donors (Lipinski definition) is 3. The quantitative estimate of drug-likeness (QED) is 0.512. The summed E-state index contributed by atoms with van der Waals surface area (Å²) >= 11 is 0. The molecular formula is C16H19N3O6. The molecule has 0 amide bonds. The number of fused-ring (bicyclic) bond motifs is 1. The fraction of sp³-hybridized carbons (Fsp3) is 0.375. The van der Waals surface area contributed by atoms with Gasteiger partial charge in [-0.15, -0.1) is 0 Å². The number of aliphatic imine (C=N–C) groups is 1. The minimum absolute atomic E-state index is 0.0526. The number of ketones is 1. The Bertz CT molecular complexity index is 719. The number of ether oxygens (including phenoxy) is 1. The number of amidine groups is 1. The van der Waals surface area contributed by atoms with E-state index in [-0.39, 0.29) is 11.9 Å². The van der Waals surface area contributed by atoms with Crippen LogP contribution in [0.4, 0.5) is 5.69 Å². The first kappa shape index (κ1) is 18.2. The Morgan fingerprint density at radius 2 is 1.96 bits per heavy atom. The third-order valence-corrected chi connectivity index (χ3v) is 3.67. The van der Waals surface area contributed by atoms with Gasteiger partial charge >= 0.3 is 11.9 Å². The van der Waals surface area contributed by atoms with Crippen LogP contribution in [0.25, 0.3) is 0 Å². The van der Waals surface area contributed by atoms with Gasteiger partial charge in [0.15, 0.2) is 11.9 Å². The van der Waals surface area contributed by atoms with Crippen LogP contribution < -0.4 is 15.0 Å². The Kier molecular flexibility index (Phi) is 5.58. The van der Waals surface area contributed by atoms with Crippen LogP contribution in [-0.2, 0) is 9.59 Å². The molecule has 0 saturated carbocycles. The van der Waals surface area contributed by atoms with Crippen LogP contribution in [0.2, 0.25) is 0 Å². The van der Waals surface area contributed by atoms with E-state index in [1.54, 1.807) is 13.0 Å². The number of nitrogens with one attached hydrogen (secondary N) is 1. The predicted molar refractivity (Wildman–Crippen MR) is 89.7 cm³/mol. The van der Waals surface area contributed by atoms with Gasteiger partial charge in [-0.1, -0.05) is 0 Å². The van der Waals surface area contributed by atoms with Gasteiger partial charge in [0.1, 0.15) is 11.6 Å². The fourth-order valence-electron chi connectivity index (χ4n) is 2.45. The van der Waals surface area contributed by atoms with Gasteiger partial charge in [0, 0.05) is 19.2 Å². The number of carboxylic acid groups (broad SMARTS) is 2. The lowest BCUT2D eigenvalue weighted by Gasteiger charge is -2.34. The molecule has 0 saturated heterocycles. The summed E-state index contributed by atoms with van der Waals surface area (Å²) in [4.78, 5) is 36.1. The molecule has 0 aliphatic carbocycles. The van der Waals surface area contributed by atoms with E-state index in [2.05, 4.69) is 15.2 Å². The van der Waals surface area contributed by atoms with Crippen LogP contribution in [0.1, 0.15) is 17.3 Å². The van der Waals surface area contributed by atoms with Crippen molar-refractivity contribution in [1.82, 2.24) is 5.32 Å². The smallest absolute Gasteiger partial charge is 0.414 e. The number of hydrogen-bond acceptors (Lipinski definition) is 7. The summed E-state index contributed by atoms with van der Waals surface area (Å²) in [7, 11) is 2.01. The molecule has 9 nitrogen and oxygen atoms in total. The third kappa shape index (κ3) is 4.46. The zero-order valence-corrected chi connectivity index (χ0v) is 13.9. The maximum absolute atomic E-state index is 11.4. The number of Topliss-reactive ketones (excluding diaryl/α,β-unsaturated/α-hetero) is 1. The molecule has 2 aliphatic heterocycles. The molecule has 1 aromatic rings. The number of aliphatic carboxylic acids is 2. The van der Waals surface area contributed by atoms with Crippen LogP contribution in [0.3, 0.4) is 0 Å². The first-order valence-corrected chi connectivity index (χ1v) is 7.56. The molecule has 2 aliphatic rings. The Balaban J connectivity index is 0.000000326. The summed E-state index contributed by atoms with van der Waals surface area (Å²) < 4.78 is 5.97. The van der Waals surface area contributed by atoms with Crippen LogP contribution >= 0.6 is 0 Å². The van der Waals surface area contributed by atoms with Gasteiger partial charge in [0.25, 0.3) is 0 Å². The Labute approximate surface area is 143 Å². The number of likely N-dealkylation sites (N-methyl/N-ethyl adjacent to an activating group) is 1. The van der Waals surface area contributed by atoms with E-state index in [0.717, 1.165) is 36.9 Å². The molecular weight excluding hydrogens is 330 g/mol. The van der Waals surface area contributed by atoms with Crippen molar-refractivity contribution in [1.29, 1.82) is 0 Å². The number of nitrogens with zero attached hydrogens (tertiary/aromatic N) is 2. The summed E-state index contributed by atoms with van der Waals surface area (Å²) in [6.07, 6.45) is -0.0526. The van der Waals surface area contributed by atoms with Gasteiger partial charge in [0.2, 0.25) is 0 Å². The number of rotatable bonds is 2. The zero-order valence-electron chi connectivity index (χ0n) is 13.9. The van der Waals surface area contributed by atoms with Gasteiger partial charge in [-0.3, -0.25) is 9.79 Å². The van der Waals surface area contributed by atoms with Crippen molar-refractivity contribution in [3.05, 3.63) is 23.8 Å². The van der Waals surface area contributed by atoms with Crippen LogP contribution in [0.15, 0.2) is 23.2 Å². The average Bonchev–Trinajstić information content (AvgIpc) is 3.09. The van der Waals surface area contributed by atoms with Crippen molar-refractivity contribution < 1.29 is 29.3 Å². The third-order valence-electron chi connectivity index (χ3n) is 3.67. The Morgan fingerprint density at radius 3 is 2.48 bits per heavy atom. The lowest BCUT2D eigenvalue weighted by molar-refractivity contribution is -0.159. The normalized spacial score (nSPS) is 17.9. The molecule has 0 radical (unpaired) electrons. The molecule has 25 heavy (non-hydrogen) atoms. The average molecular weight is 349 g/mol. The molecule has 3 rings (SSSR count). The van der Waals surface area contributed by atoms with E-state index in [1.807, 2.05) is 19.2 Å². The van der Waals surface area contributed by atoms with Crippen LogP contribution in [0, 0.1) is 0 Å². The number of carbonyl (C=O) groups is 3. The molecule has 3 N–H and O–H groups in total. The SMILES string of the molecule is CC(=O)c1ccc2c(c1)N(C)CC(C1=NCCN1)O2.O=C(O)C(=O)O. The van der Waals surface area contributed by atoms with E-state index in [0.29, 0.717) is 5.56 Å². The second-order valence-electron chi connectivity index (χ2n) is 5.53. The molecule has 1 atom stereocenters. The maximum atomic E-state index is 11.4. The number of carbonyl (C=O) groups excluding carboxylic acids is 1. The van der Waals surface area contributed by atoms with E-state index >= 15 is 0 Å². The molecule has 0 bridgehead atoms. The first-order valence-electron chi connectivity index (χ1n) is 7.56. The highest BCUT2D eigenvalue weighted by Gasteiger charge is 2.29. The second kappa shape index (κ2) is 7.65. The molecule has 2 heterocycles. The molecule has 0 aromatic heterocycles. The largest absolute Gasteiger partial charge is 0.478 e. The summed E-state index contributed by atoms with van der Waals surface area (Å²) in [5, 5.41) is 18.0. The van der Waals surface area contributed by atoms with Crippen molar-refractivity contribution in [2.24, 2.45) is 4.99 Å². The van der Waals surface area contributed by atoms with Crippen molar-refractivity contribution in [2.45, 2.75) is 13.0 Å². The Hall–Kier alpha value is -3.10. The highest BCUT2D eigenvalue weighted by atomic mass is 16.5. The summed E-state index contributed by atoms with van der Waals surface area (Å²) in [6, 6.07) is 5.56. The van der Waals surface area contributed by atoms with Crippen LogP contribution in [-0.4, -0.2) is 66.6 Å². The van der Waals surface area contributed by atoms with E-state index in [1.165, 1.54) is 0 Å². The fourth-order valence-corrected chi connectivity index (χ4v) is 2.45. The van der Waals surface area contributed by atoms with Crippen molar-refractivity contribution in [3.63, 3.8) is 0 Å². The molecule has 1 unspecified atom stereocenters. The standard InChI is InChI=1S/C14H17N3O2.C2H2O4/c1-9(18)10-3-4-12-11(7-10)17(2)8-13(19-12)14-15-5-6-16-14;3-1(4)2(5)6/h3-4,7,13H,5-6,8H2,1-2H3,(H,15,16);(H,3,4)(H,5,6). The summed E-state index contributed by atoms with van der Waals surface area (Å²) in [6.45, 7) is 4.01. The number of carboxylic acids is 2. The van der Waals surface area contributed by atoms with Crippen molar-refractivity contribution in [3.8, 4) is 5.75 Å². The monoisotopic (exact) mass is 349 g/mol. The summed E-state index contributed by atoms with van der Waals surface area (Å²) in [5.74, 6) is -1.85. The zero-order chi connectivity index (χ0) is 18.6. The highest BCUT2D eigenvalue weighted by molar-refractivity contribution is 6.27. The molecule has 9 heteroatoms. The van der Waals surface area contributed by atoms with Gasteiger partial charge < -0.3 is 25.2 Å². The molecule has 0 fully saturated rings. The predicted octanol–water partition coefficient (Wildman–Crippen LogP) is 0.244. The van der Waals surface area contributed by atoms with Gasteiger partial charge in [-0.05, 0) is 25.1 Å².